The first-order chi connectivity index (χ1) is 13.1. The van der Waals surface area contributed by atoms with E-state index in [2.05, 4.69) is 34.5 Å². The Morgan fingerprint density at radius 2 is 2.07 bits per heavy atom. The molecule has 6 heteroatoms. The third kappa shape index (κ3) is 2.72. The van der Waals surface area contributed by atoms with Gasteiger partial charge in [-0.25, -0.2) is 9.97 Å². The number of aryl methyl sites for hydroxylation is 2. The lowest BCUT2D eigenvalue weighted by atomic mass is 9.86. The number of aromatic nitrogens is 4. The normalized spacial score (nSPS) is 19.0. The van der Waals surface area contributed by atoms with Crippen molar-refractivity contribution >= 4 is 11.6 Å². The molecule has 1 N–H and O–H groups in total. The smallest absolute Gasteiger partial charge is 0.141 e. The Hall–Kier alpha value is -2.11. The predicted molar refractivity (Wildman–Crippen MR) is 107 cm³/mol. The Kier molecular flexibility index (Phi) is 4.10. The number of benzene rings is 1. The molecule has 0 bridgehead atoms. The molecule has 0 amide bonds. The maximum atomic E-state index is 6.43. The monoisotopic (exact) mass is 381 g/mol. The highest BCUT2D eigenvalue weighted by atomic mass is 35.5. The standard InChI is InChI=1S/C21H24ClN5/c1-13-20(27-10-9-23-12-19(27)24-13)14-7-8-17-18(11-14)26(2)21(25-17)15-5-3-4-6-16(15)22/h3-6,14,23H,7-12H2,1-2H3. The summed E-state index contributed by atoms with van der Waals surface area (Å²) in [7, 11) is 2.12. The highest BCUT2D eigenvalue weighted by Gasteiger charge is 2.30. The fraction of sp³-hybridized carbons (Fsp3) is 0.429. The molecular formula is C21H24ClN5. The lowest BCUT2D eigenvalue weighted by molar-refractivity contribution is 0.460. The molecule has 0 saturated carbocycles. The van der Waals surface area contributed by atoms with Gasteiger partial charge < -0.3 is 14.5 Å². The van der Waals surface area contributed by atoms with E-state index in [9.17, 15) is 0 Å². The van der Waals surface area contributed by atoms with Gasteiger partial charge in [0.05, 0.1) is 23.0 Å². The molecule has 1 aromatic carbocycles. The molecule has 0 spiro atoms. The van der Waals surface area contributed by atoms with Crippen molar-refractivity contribution in [3.05, 3.63) is 57.9 Å². The van der Waals surface area contributed by atoms with E-state index in [1.54, 1.807) is 0 Å². The summed E-state index contributed by atoms with van der Waals surface area (Å²) in [5, 5.41) is 4.18. The van der Waals surface area contributed by atoms with Gasteiger partial charge in [-0.3, -0.25) is 0 Å². The van der Waals surface area contributed by atoms with Crippen LogP contribution in [0.1, 0.15) is 40.9 Å². The Bertz CT molecular complexity index is 1020. The van der Waals surface area contributed by atoms with Crippen molar-refractivity contribution in [2.45, 2.75) is 45.2 Å². The second-order valence-corrected chi connectivity index (χ2v) is 8.04. The highest BCUT2D eigenvalue weighted by molar-refractivity contribution is 6.33. The van der Waals surface area contributed by atoms with Crippen LogP contribution in [0.4, 0.5) is 0 Å². The molecule has 2 aliphatic rings. The van der Waals surface area contributed by atoms with Crippen molar-refractivity contribution in [2.24, 2.45) is 7.05 Å². The van der Waals surface area contributed by atoms with Crippen LogP contribution in [0.15, 0.2) is 24.3 Å². The van der Waals surface area contributed by atoms with Gasteiger partial charge in [-0.15, -0.1) is 0 Å². The van der Waals surface area contributed by atoms with E-state index in [4.69, 9.17) is 21.6 Å². The van der Waals surface area contributed by atoms with Crippen LogP contribution in [0.25, 0.3) is 11.4 Å². The summed E-state index contributed by atoms with van der Waals surface area (Å²) in [6.45, 7) is 5.08. The van der Waals surface area contributed by atoms with Gasteiger partial charge in [0.2, 0.25) is 0 Å². The minimum atomic E-state index is 0.506. The maximum Gasteiger partial charge on any atom is 0.141 e. The Morgan fingerprint density at radius 3 is 2.93 bits per heavy atom. The summed E-state index contributed by atoms with van der Waals surface area (Å²) in [5.74, 6) is 2.66. The third-order valence-corrected chi connectivity index (χ3v) is 6.36. The maximum absolute atomic E-state index is 6.43. The SMILES string of the molecule is Cc1nc2n(c1C1CCc3nc(-c4ccccc4Cl)n(C)c3C1)CCNC2. The molecule has 3 heterocycles. The first-order valence-electron chi connectivity index (χ1n) is 9.69. The number of rotatable bonds is 2. The van der Waals surface area contributed by atoms with Gasteiger partial charge in [0.1, 0.15) is 11.6 Å². The molecular weight excluding hydrogens is 358 g/mol. The number of nitrogens with zero attached hydrogens (tertiary/aromatic N) is 4. The van der Waals surface area contributed by atoms with Crippen LogP contribution < -0.4 is 5.32 Å². The molecule has 5 nitrogen and oxygen atoms in total. The minimum Gasteiger partial charge on any atom is -0.331 e. The van der Waals surface area contributed by atoms with Gasteiger partial charge >= 0.3 is 0 Å². The molecule has 1 unspecified atom stereocenters. The van der Waals surface area contributed by atoms with Crippen LogP contribution in [0.3, 0.4) is 0 Å². The second kappa shape index (κ2) is 6.50. The zero-order chi connectivity index (χ0) is 18.5. The van der Waals surface area contributed by atoms with Crippen LogP contribution in [-0.4, -0.2) is 25.6 Å². The van der Waals surface area contributed by atoms with Crippen molar-refractivity contribution in [3.63, 3.8) is 0 Å². The predicted octanol–water partition coefficient (Wildman–Crippen LogP) is 3.62. The number of halogens is 1. The number of hydrogen-bond donors (Lipinski definition) is 1. The van der Waals surface area contributed by atoms with Gasteiger partial charge in [0, 0.05) is 43.0 Å². The quantitative estimate of drug-likeness (QED) is 0.737. The molecule has 1 aliphatic carbocycles. The minimum absolute atomic E-state index is 0.506. The molecule has 27 heavy (non-hydrogen) atoms. The van der Waals surface area contributed by atoms with Gasteiger partial charge in [-0.1, -0.05) is 23.7 Å². The van der Waals surface area contributed by atoms with Crippen molar-refractivity contribution in [2.75, 3.05) is 6.54 Å². The molecule has 0 radical (unpaired) electrons. The average molecular weight is 382 g/mol. The molecule has 1 aliphatic heterocycles. The number of fused-ring (bicyclic) bond motifs is 2. The largest absolute Gasteiger partial charge is 0.331 e. The summed E-state index contributed by atoms with van der Waals surface area (Å²) in [6.07, 6.45) is 3.16. The molecule has 2 aromatic heterocycles. The Labute approximate surface area is 164 Å². The molecule has 0 fully saturated rings. The van der Waals surface area contributed by atoms with E-state index in [1.165, 1.54) is 28.6 Å². The average Bonchev–Trinajstić information content (AvgIpc) is 3.18. The summed E-state index contributed by atoms with van der Waals surface area (Å²) in [4.78, 5) is 9.78. The van der Waals surface area contributed by atoms with Crippen LogP contribution in [0, 0.1) is 6.92 Å². The van der Waals surface area contributed by atoms with E-state index in [0.717, 1.165) is 55.3 Å². The van der Waals surface area contributed by atoms with Crippen LogP contribution in [-0.2, 0) is 33.0 Å². The van der Waals surface area contributed by atoms with Gasteiger partial charge in [0.15, 0.2) is 0 Å². The topological polar surface area (TPSA) is 47.7 Å². The summed E-state index contributed by atoms with van der Waals surface area (Å²) < 4.78 is 4.69. The fourth-order valence-corrected chi connectivity index (χ4v) is 4.96. The summed E-state index contributed by atoms with van der Waals surface area (Å²) >= 11 is 6.43. The molecule has 1 atom stereocenters. The molecule has 140 valence electrons. The van der Waals surface area contributed by atoms with E-state index in [0.29, 0.717) is 5.92 Å². The van der Waals surface area contributed by atoms with E-state index in [-0.39, 0.29) is 0 Å². The molecule has 0 saturated heterocycles. The van der Waals surface area contributed by atoms with Gasteiger partial charge in [-0.2, -0.15) is 0 Å². The summed E-state index contributed by atoms with van der Waals surface area (Å²) in [6, 6.07) is 7.97. The van der Waals surface area contributed by atoms with Crippen LogP contribution >= 0.6 is 11.6 Å². The second-order valence-electron chi connectivity index (χ2n) is 7.63. The van der Waals surface area contributed by atoms with Crippen molar-refractivity contribution in [3.8, 4) is 11.4 Å². The number of hydrogen-bond acceptors (Lipinski definition) is 3. The third-order valence-electron chi connectivity index (χ3n) is 6.03. The number of imidazole rings is 2. The number of nitrogens with one attached hydrogen (secondary N) is 1. The van der Waals surface area contributed by atoms with Crippen LogP contribution in [0.5, 0.6) is 0 Å². The zero-order valence-electron chi connectivity index (χ0n) is 15.8. The molecule has 3 aromatic rings. The van der Waals surface area contributed by atoms with E-state index >= 15 is 0 Å². The molecule has 5 rings (SSSR count). The van der Waals surface area contributed by atoms with Crippen LogP contribution in [0.2, 0.25) is 5.02 Å². The van der Waals surface area contributed by atoms with Gasteiger partial charge in [-0.05, 0) is 38.3 Å². The zero-order valence-corrected chi connectivity index (χ0v) is 16.6. The van der Waals surface area contributed by atoms with Crippen molar-refractivity contribution in [1.29, 1.82) is 0 Å². The first kappa shape index (κ1) is 17.0. The fourth-order valence-electron chi connectivity index (χ4n) is 4.74. The van der Waals surface area contributed by atoms with E-state index in [1.807, 2.05) is 18.2 Å². The van der Waals surface area contributed by atoms with Crippen molar-refractivity contribution in [1.82, 2.24) is 24.4 Å². The lowest BCUT2D eigenvalue weighted by Gasteiger charge is -2.26. The lowest BCUT2D eigenvalue weighted by Crippen LogP contribution is -2.30. The summed E-state index contributed by atoms with van der Waals surface area (Å²) in [5.41, 5.74) is 6.19. The Balaban J connectivity index is 1.53. The van der Waals surface area contributed by atoms with E-state index < -0.39 is 0 Å². The first-order valence-corrected chi connectivity index (χ1v) is 10.1. The van der Waals surface area contributed by atoms with Gasteiger partial charge in [0.25, 0.3) is 0 Å². The Morgan fingerprint density at radius 1 is 1.22 bits per heavy atom. The van der Waals surface area contributed by atoms with Crippen molar-refractivity contribution < 1.29 is 0 Å². The highest BCUT2D eigenvalue weighted by Crippen LogP contribution is 2.37.